The summed E-state index contributed by atoms with van der Waals surface area (Å²) < 4.78 is 28.1. The zero-order chi connectivity index (χ0) is 14.2. The van der Waals surface area contributed by atoms with Gasteiger partial charge in [0, 0.05) is 26.2 Å². The highest BCUT2D eigenvalue weighted by molar-refractivity contribution is 7.89. The normalized spacial score (nSPS) is 24.4. The van der Waals surface area contributed by atoms with E-state index in [1.54, 1.807) is 7.05 Å². The van der Waals surface area contributed by atoms with Gasteiger partial charge in [-0.05, 0) is 18.8 Å². The van der Waals surface area contributed by atoms with Gasteiger partial charge in [-0.1, -0.05) is 18.5 Å². The summed E-state index contributed by atoms with van der Waals surface area (Å²) in [6, 6.07) is -0.167. The zero-order valence-corrected chi connectivity index (χ0v) is 13.9. The lowest BCUT2D eigenvalue weighted by Gasteiger charge is -2.36. The Labute approximate surface area is 130 Å². The summed E-state index contributed by atoms with van der Waals surface area (Å²) in [4.78, 5) is 0. The summed E-state index contributed by atoms with van der Waals surface area (Å²) in [5.74, 6) is 0.488. The van der Waals surface area contributed by atoms with E-state index in [0.717, 1.165) is 12.8 Å². The van der Waals surface area contributed by atoms with Crippen molar-refractivity contribution in [1.82, 2.24) is 14.1 Å². The lowest BCUT2D eigenvalue weighted by molar-refractivity contribution is 0.210. The van der Waals surface area contributed by atoms with Crippen molar-refractivity contribution in [3.05, 3.63) is 11.2 Å². The molecular formula is C11H20Cl2N4O2S. The minimum atomic E-state index is -3.64. The number of aryl methyl sites for hydroxylation is 1. The minimum absolute atomic E-state index is 0. The molecule has 0 bridgehead atoms. The first-order valence-electron chi connectivity index (χ1n) is 6.27. The molecule has 0 spiro atoms. The van der Waals surface area contributed by atoms with Crippen molar-refractivity contribution < 1.29 is 8.42 Å². The van der Waals surface area contributed by atoms with E-state index in [0.29, 0.717) is 19.0 Å². The molecule has 1 aromatic rings. The Kier molecular flexibility index (Phi) is 5.86. The first-order chi connectivity index (χ1) is 8.87. The molecule has 2 N–H and O–H groups in total. The Morgan fingerprint density at radius 1 is 1.55 bits per heavy atom. The fourth-order valence-electron chi connectivity index (χ4n) is 2.56. The molecule has 2 heterocycles. The third-order valence-electron chi connectivity index (χ3n) is 3.59. The van der Waals surface area contributed by atoms with Gasteiger partial charge in [-0.3, -0.25) is 4.68 Å². The van der Waals surface area contributed by atoms with Crippen molar-refractivity contribution in [2.45, 2.75) is 30.8 Å². The summed E-state index contributed by atoms with van der Waals surface area (Å²) in [6.07, 6.45) is 2.97. The average Bonchev–Trinajstić information content (AvgIpc) is 2.68. The highest BCUT2D eigenvalue weighted by Crippen LogP contribution is 2.30. The second kappa shape index (κ2) is 6.62. The van der Waals surface area contributed by atoms with Crippen LogP contribution in [0.1, 0.15) is 19.8 Å². The monoisotopic (exact) mass is 342 g/mol. The van der Waals surface area contributed by atoms with Crippen LogP contribution in [0.5, 0.6) is 0 Å². The van der Waals surface area contributed by atoms with Crippen LogP contribution in [0.2, 0.25) is 5.02 Å². The number of aromatic nitrogens is 2. The van der Waals surface area contributed by atoms with Crippen molar-refractivity contribution >= 4 is 34.0 Å². The summed E-state index contributed by atoms with van der Waals surface area (Å²) in [7, 11) is -2.07. The molecule has 1 saturated heterocycles. The van der Waals surface area contributed by atoms with Gasteiger partial charge >= 0.3 is 0 Å². The molecule has 20 heavy (non-hydrogen) atoms. The van der Waals surface area contributed by atoms with Crippen LogP contribution in [0.3, 0.4) is 0 Å². The number of hydrogen-bond acceptors (Lipinski definition) is 4. The van der Waals surface area contributed by atoms with E-state index >= 15 is 0 Å². The van der Waals surface area contributed by atoms with Gasteiger partial charge in [0.1, 0.15) is 0 Å². The third kappa shape index (κ3) is 3.12. The molecule has 116 valence electrons. The first-order valence-corrected chi connectivity index (χ1v) is 8.09. The Morgan fingerprint density at radius 3 is 2.70 bits per heavy atom. The summed E-state index contributed by atoms with van der Waals surface area (Å²) >= 11 is 5.95. The number of sulfonamides is 1. The van der Waals surface area contributed by atoms with Crippen molar-refractivity contribution in [3.8, 4) is 0 Å². The summed E-state index contributed by atoms with van der Waals surface area (Å²) in [6.45, 7) is 2.91. The van der Waals surface area contributed by atoms with Crippen molar-refractivity contribution in [1.29, 1.82) is 0 Å². The van der Waals surface area contributed by atoms with Gasteiger partial charge in [0.05, 0.1) is 11.2 Å². The van der Waals surface area contributed by atoms with E-state index in [4.69, 9.17) is 17.3 Å². The predicted molar refractivity (Wildman–Crippen MR) is 80.6 cm³/mol. The largest absolute Gasteiger partial charge is 0.329 e. The number of nitrogens with two attached hydrogens (primary N) is 1. The molecule has 0 amide bonds. The van der Waals surface area contributed by atoms with Crippen LogP contribution >= 0.6 is 24.0 Å². The highest BCUT2D eigenvalue weighted by Gasteiger charge is 2.37. The molecule has 2 rings (SSSR count). The molecular weight excluding hydrogens is 323 g/mol. The zero-order valence-electron chi connectivity index (χ0n) is 11.5. The van der Waals surface area contributed by atoms with E-state index in [9.17, 15) is 8.42 Å². The number of hydrogen-bond donors (Lipinski definition) is 1. The maximum Gasteiger partial charge on any atom is 0.262 e. The minimum Gasteiger partial charge on any atom is -0.329 e. The maximum atomic E-state index is 12.7. The lowest BCUT2D eigenvalue weighted by atomic mass is 9.94. The summed E-state index contributed by atoms with van der Waals surface area (Å²) in [5.41, 5.74) is 5.72. The van der Waals surface area contributed by atoms with E-state index < -0.39 is 10.0 Å². The van der Waals surface area contributed by atoms with Crippen molar-refractivity contribution in [2.24, 2.45) is 18.7 Å². The summed E-state index contributed by atoms with van der Waals surface area (Å²) in [5, 5.41) is 4.08. The number of nitrogens with zero attached hydrogens (tertiary/aromatic N) is 3. The van der Waals surface area contributed by atoms with Gasteiger partial charge in [-0.2, -0.15) is 9.40 Å². The smallest absolute Gasteiger partial charge is 0.262 e. The van der Waals surface area contributed by atoms with E-state index in [-0.39, 0.29) is 28.5 Å². The van der Waals surface area contributed by atoms with Crippen molar-refractivity contribution in [2.75, 3.05) is 13.1 Å². The number of halogens is 2. The molecule has 6 nitrogen and oxygen atoms in total. The maximum absolute atomic E-state index is 12.7. The molecule has 2 unspecified atom stereocenters. The topological polar surface area (TPSA) is 81.2 Å². The Morgan fingerprint density at radius 2 is 2.20 bits per heavy atom. The molecule has 9 heteroatoms. The van der Waals surface area contributed by atoms with Gasteiger partial charge in [0.15, 0.2) is 5.03 Å². The van der Waals surface area contributed by atoms with Gasteiger partial charge in [-0.25, -0.2) is 8.42 Å². The number of piperidine rings is 1. The van der Waals surface area contributed by atoms with E-state index in [2.05, 4.69) is 12.0 Å². The van der Waals surface area contributed by atoms with E-state index in [1.807, 2.05) is 0 Å². The fraction of sp³-hybridized carbons (Fsp3) is 0.727. The van der Waals surface area contributed by atoms with Crippen LogP contribution in [-0.4, -0.2) is 41.6 Å². The van der Waals surface area contributed by atoms with Crippen LogP contribution < -0.4 is 5.73 Å². The molecule has 1 aromatic heterocycles. The van der Waals surface area contributed by atoms with Crippen molar-refractivity contribution in [3.63, 3.8) is 0 Å². The highest BCUT2D eigenvalue weighted by atomic mass is 35.5. The third-order valence-corrected chi connectivity index (χ3v) is 6.05. The predicted octanol–water partition coefficient (Wildman–Crippen LogP) is 1.24. The Hall–Kier alpha value is -0.340. The molecule has 1 fully saturated rings. The van der Waals surface area contributed by atoms with Crippen LogP contribution in [0.4, 0.5) is 0 Å². The van der Waals surface area contributed by atoms with E-state index in [1.165, 1.54) is 15.2 Å². The van der Waals surface area contributed by atoms with Crippen LogP contribution in [0, 0.1) is 5.92 Å². The second-order valence-electron chi connectivity index (χ2n) is 5.06. The van der Waals surface area contributed by atoms with Crippen LogP contribution in [-0.2, 0) is 17.1 Å². The quantitative estimate of drug-likeness (QED) is 0.895. The molecule has 0 aromatic carbocycles. The average molecular weight is 343 g/mol. The molecule has 1 aliphatic rings. The van der Waals surface area contributed by atoms with Crippen LogP contribution in [0.15, 0.2) is 11.2 Å². The molecule has 0 saturated carbocycles. The molecule has 2 atom stereocenters. The Balaban J connectivity index is 0.00000200. The van der Waals surface area contributed by atoms with Crippen LogP contribution in [0.25, 0.3) is 0 Å². The first kappa shape index (κ1) is 17.7. The molecule has 0 radical (unpaired) electrons. The Bertz CT molecular complexity index is 541. The fourth-order valence-corrected chi connectivity index (χ4v) is 4.83. The number of rotatable bonds is 3. The van der Waals surface area contributed by atoms with Gasteiger partial charge in [-0.15, -0.1) is 12.4 Å². The second-order valence-corrected chi connectivity index (χ2v) is 7.27. The van der Waals surface area contributed by atoms with Gasteiger partial charge in [0.25, 0.3) is 10.0 Å². The van der Waals surface area contributed by atoms with Gasteiger partial charge in [0.2, 0.25) is 0 Å². The van der Waals surface area contributed by atoms with Gasteiger partial charge < -0.3 is 5.73 Å². The molecule has 0 aliphatic carbocycles. The lowest BCUT2D eigenvalue weighted by Crippen LogP contribution is -2.49. The SMILES string of the molecule is CC1CCN(S(=O)(=O)c2c(Cl)cnn2C)C(CN)C1.Cl. The molecule has 1 aliphatic heterocycles. The standard InChI is InChI=1S/C11H19ClN4O2S.ClH/c1-8-3-4-16(9(5-8)6-13)19(17,18)11-10(12)7-14-15(11)2;/h7-9H,3-6,13H2,1-2H3;1H.